The second-order valence-corrected chi connectivity index (χ2v) is 9.21. The number of ether oxygens (including phenoxy) is 1. The van der Waals surface area contributed by atoms with E-state index in [2.05, 4.69) is 64.3 Å². The zero-order chi connectivity index (χ0) is 25.0. The van der Waals surface area contributed by atoms with E-state index in [1.807, 2.05) is 64.7 Å². The predicted octanol–water partition coefficient (Wildman–Crippen LogP) is 5.65. The number of rotatable bonds is 6. The second-order valence-electron chi connectivity index (χ2n) is 9.21. The molecule has 0 bridgehead atoms. The monoisotopic (exact) mass is 488 g/mol. The Labute approximate surface area is 216 Å². The van der Waals surface area contributed by atoms with E-state index in [1.165, 1.54) is 0 Å². The van der Waals surface area contributed by atoms with E-state index in [-0.39, 0.29) is 5.91 Å². The molecule has 0 atom stereocenters. The van der Waals surface area contributed by atoms with Crippen molar-refractivity contribution in [3.05, 3.63) is 115 Å². The third-order valence-electron chi connectivity index (χ3n) is 6.81. The molecule has 6 heteroatoms. The largest absolute Gasteiger partial charge is 0.378 e. The van der Waals surface area contributed by atoms with Crippen molar-refractivity contribution in [2.75, 3.05) is 26.3 Å². The van der Waals surface area contributed by atoms with Gasteiger partial charge in [0, 0.05) is 37.2 Å². The Bertz CT molecular complexity index is 1550. The van der Waals surface area contributed by atoms with Crippen LogP contribution in [0.2, 0.25) is 0 Å². The van der Waals surface area contributed by atoms with Crippen LogP contribution in [0.3, 0.4) is 0 Å². The third-order valence-corrected chi connectivity index (χ3v) is 6.81. The molecule has 5 aromatic rings. The van der Waals surface area contributed by atoms with Gasteiger partial charge in [-0.25, -0.2) is 4.98 Å². The highest BCUT2D eigenvalue weighted by atomic mass is 16.5. The van der Waals surface area contributed by atoms with Gasteiger partial charge in [0.2, 0.25) is 0 Å². The lowest BCUT2D eigenvalue weighted by Gasteiger charge is -2.27. The van der Waals surface area contributed by atoms with Gasteiger partial charge in [-0.1, -0.05) is 72.8 Å². The molecule has 0 N–H and O–H groups in total. The molecule has 1 fully saturated rings. The predicted molar refractivity (Wildman–Crippen MR) is 147 cm³/mol. The van der Waals surface area contributed by atoms with Gasteiger partial charge in [-0.3, -0.25) is 4.79 Å². The molecule has 0 radical (unpaired) electrons. The number of morpholine rings is 1. The Kier molecular flexibility index (Phi) is 6.40. The Balaban J connectivity index is 1.38. The zero-order valence-corrected chi connectivity index (χ0v) is 20.5. The number of fused-ring (bicyclic) bond motifs is 1. The quantitative estimate of drug-likeness (QED) is 0.310. The first kappa shape index (κ1) is 23.0. The van der Waals surface area contributed by atoms with Gasteiger partial charge in [0.15, 0.2) is 0 Å². The molecule has 0 aliphatic carbocycles. The molecule has 3 aromatic carbocycles. The number of hydrogen-bond donors (Lipinski definition) is 0. The second kappa shape index (κ2) is 10.3. The normalized spacial score (nSPS) is 14.0. The summed E-state index contributed by atoms with van der Waals surface area (Å²) in [5.41, 5.74) is 4.87. The first-order valence-corrected chi connectivity index (χ1v) is 12.6. The average Bonchev–Trinajstić information content (AvgIpc) is 3.59. The van der Waals surface area contributed by atoms with Gasteiger partial charge < -0.3 is 18.8 Å². The molecule has 3 heterocycles. The van der Waals surface area contributed by atoms with E-state index in [9.17, 15) is 4.79 Å². The van der Waals surface area contributed by atoms with Crippen LogP contribution in [0.4, 0.5) is 0 Å². The van der Waals surface area contributed by atoms with Gasteiger partial charge in [-0.2, -0.15) is 0 Å². The topological polar surface area (TPSA) is 52.3 Å². The Hall–Kier alpha value is -4.42. The van der Waals surface area contributed by atoms with E-state index in [4.69, 9.17) is 4.74 Å². The highest BCUT2D eigenvalue weighted by molar-refractivity contribution is 6.06. The molecule has 0 spiro atoms. The maximum Gasteiger partial charge on any atom is 0.256 e. The molecule has 6 nitrogen and oxygen atoms in total. The summed E-state index contributed by atoms with van der Waals surface area (Å²) in [5, 5.41) is 2.29. The van der Waals surface area contributed by atoms with Crippen LogP contribution < -0.4 is 0 Å². The van der Waals surface area contributed by atoms with Gasteiger partial charge in [0.25, 0.3) is 5.91 Å². The zero-order valence-electron chi connectivity index (χ0n) is 20.5. The van der Waals surface area contributed by atoms with E-state index in [1.54, 1.807) is 0 Å². The first-order valence-electron chi connectivity index (χ1n) is 12.6. The lowest BCUT2D eigenvalue weighted by molar-refractivity contribution is 0.0303. The summed E-state index contributed by atoms with van der Waals surface area (Å²) < 4.78 is 9.60. The van der Waals surface area contributed by atoms with Crippen molar-refractivity contribution in [1.82, 2.24) is 19.0 Å². The van der Waals surface area contributed by atoms with Crippen LogP contribution in [0.15, 0.2) is 97.7 Å². The van der Waals surface area contributed by atoms with Crippen LogP contribution in [0.25, 0.3) is 34.2 Å². The minimum absolute atomic E-state index is 0.0439. The molecule has 1 saturated heterocycles. The first-order chi connectivity index (χ1) is 18.3. The molecule has 184 valence electrons. The summed E-state index contributed by atoms with van der Waals surface area (Å²) in [5.74, 6) is 0.0439. The van der Waals surface area contributed by atoms with Crippen molar-refractivity contribution in [2.45, 2.75) is 6.54 Å². The maximum absolute atomic E-state index is 13.7. The summed E-state index contributed by atoms with van der Waals surface area (Å²) in [4.78, 5) is 20.0. The number of carbonyl (C=O) groups excluding carboxylic acids is 1. The average molecular weight is 489 g/mol. The molecule has 1 aliphatic heterocycles. The lowest BCUT2D eigenvalue weighted by Crippen LogP contribution is -2.40. The van der Waals surface area contributed by atoms with E-state index < -0.39 is 0 Å². The fraction of sp³-hybridized carbons (Fsp3) is 0.161. The van der Waals surface area contributed by atoms with Crippen LogP contribution in [0, 0.1) is 0 Å². The molecule has 0 unspecified atom stereocenters. The number of carbonyl (C=O) groups is 1. The van der Waals surface area contributed by atoms with Crippen LogP contribution >= 0.6 is 0 Å². The van der Waals surface area contributed by atoms with Crippen LogP contribution in [0.1, 0.15) is 21.6 Å². The van der Waals surface area contributed by atoms with Gasteiger partial charge in [0.05, 0.1) is 43.5 Å². The van der Waals surface area contributed by atoms with E-state index in [0.717, 1.165) is 33.2 Å². The fourth-order valence-electron chi connectivity index (χ4n) is 4.89. The molecule has 37 heavy (non-hydrogen) atoms. The fourth-order valence-corrected chi connectivity index (χ4v) is 4.89. The summed E-state index contributed by atoms with van der Waals surface area (Å²) >= 11 is 0. The van der Waals surface area contributed by atoms with Gasteiger partial charge >= 0.3 is 0 Å². The Morgan fingerprint density at radius 3 is 2.54 bits per heavy atom. The standard InChI is InChI=1S/C31H28N4O2/c36-31(34-15-17-37-18-16-34)30-22-33(21-29(30)28-12-6-10-25-9-4-5-11-27(25)28)20-26-19-32-23-35(26)14-13-24-7-2-1-3-8-24/h1-14,19,21-23H,15-18,20H2. The molecular formula is C31H28N4O2. The van der Waals surface area contributed by atoms with Crippen molar-refractivity contribution in [3.8, 4) is 11.1 Å². The van der Waals surface area contributed by atoms with Crippen molar-refractivity contribution < 1.29 is 9.53 Å². The summed E-state index contributed by atoms with van der Waals surface area (Å²) in [7, 11) is 0. The molecule has 1 amide bonds. The molecule has 0 saturated carbocycles. The van der Waals surface area contributed by atoms with Crippen molar-refractivity contribution in [1.29, 1.82) is 0 Å². The number of imidazole rings is 1. The maximum atomic E-state index is 13.7. The van der Waals surface area contributed by atoms with Gasteiger partial charge in [-0.15, -0.1) is 0 Å². The molecule has 2 aromatic heterocycles. The summed E-state index contributed by atoms with van der Waals surface area (Å²) in [6.07, 6.45) is 11.8. The van der Waals surface area contributed by atoms with Crippen LogP contribution in [0.5, 0.6) is 0 Å². The number of amides is 1. The SMILES string of the molecule is O=C(c1cn(Cc2cncn2C=Cc2ccccc2)cc1-c1cccc2ccccc12)N1CCOCC1. The summed E-state index contributed by atoms with van der Waals surface area (Å²) in [6.45, 7) is 2.95. The van der Waals surface area contributed by atoms with Crippen molar-refractivity contribution in [3.63, 3.8) is 0 Å². The lowest BCUT2D eigenvalue weighted by atomic mass is 9.97. The van der Waals surface area contributed by atoms with Crippen molar-refractivity contribution in [2.24, 2.45) is 0 Å². The van der Waals surface area contributed by atoms with Gasteiger partial charge in [0.1, 0.15) is 0 Å². The van der Waals surface area contributed by atoms with Gasteiger partial charge in [-0.05, 0) is 28.0 Å². The minimum atomic E-state index is 0.0439. The molecular weight excluding hydrogens is 460 g/mol. The smallest absolute Gasteiger partial charge is 0.256 e. The van der Waals surface area contributed by atoms with Crippen LogP contribution in [-0.2, 0) is 11.3 Å². The molecule has 6 rings (SSSR count). The highest BCUT2D eigenvalue weighted by Crippen LogP contribution is 2.33. The number of aromatic nitrogens is 3. The van der Waals surface area contributed by atoms with Crippen molar-refractivity contribution >= 4 is 29.0 Å². The minimum Gasteiger partial charge on any atom is -0.378 e. The third kappa shape index (κ3) is 4.84. The highest BCUT2D eigenvalue weighted by Gasteiger charge is 2.24. The van der Waals surface area contributed by atoms with E-state index >= 15 is 0 Å². The molecule has 1 aliphatic rings. The Morgan fingerprint density at radius 1 is 0.892 bits per heavy atom. The van der Waals surface area contributed by atoms with Crippen LogP contribution in [-0.4, -0.2) is 51.2 Å². The Morgan fingerprint density at radius 2 is 1.68 bits per heavy atom. The van der Waals surface area contributed by atoms with E-state index in [0.29, 0.717) is 38.4 Å². The number of hydrogen-bond acceptors (Lipinski definition) is 3. The number of benzene rings is 3. The number of nitrogens with zero attached hydrogens (tertiary/aromatic N) is 4. The summed E-state index contributed by atoms with van der Waals surface area (Å²) in [6, 6.07) is 24.8.